The summed E-state index contributed by atoms with van der Waals surface area (Å²) in [7, 11) is 0. The lowest BCUT2D eigenvalue weighted by Gasteiger charge is -2.16. The van der Waals surface area contributed by atoms with Gasteiger partial charge in [0.05, 0.1) is 6.04 Å². The summed E-state index contributed by atoms with van der Waals surface area (Å²) in [4.78, 5) is 16.3. The van der Waals surface area contributed by atoms with Crippen LogP contribution >= 0.6 is 11.6 Å². The third-order valence-electron chi connectivity index (χ3n) is 4.30. The van der Waals surface area contributed by atoms with Gasteiger partial charge in [0.15, 0.2) is 0 Å². The lowest BCUT2D eigenvalue weighted by atomic mass is 10.1. The maximum atomic E-state index is 12.0. The molecular formula is C20H21ClN4O. The van der Waals surface area contributed by atoms with Gasteiger partial charge in [-0.25, -0.2) is 9.78 Å². The number of hydrogen-bond acceptors (Lipinski definition) is 2. The van der Waals surface area contributed by atoms with Crippen LogP contribution in [0.3, 0.4) is 0 Å². The third kappa shape index (κ3) is 4.43. The zero-order chi connectivity index (χ0) is 18.5. The topological polar surface area (TPSA) is 59.0 Å². The molecule has 2 N–H and O–H groups in total. The fourth-order valence-corrected chi connectivity index (χ4v) is 2.89. The van der Waals surface area contributed by atoms with Crippen LogP contribution in [0, 0.1) is 6.92 Å². The van der Waals surface area contributed by atoms with Gasteiger partial charge in [-0.3, -0.25) is 0 Å². The molecule has 0 bridgehead atoms. The lowest BCUT2D eigenvalue weighted by Crippen LogP contribution is -2.28. The third-order valence-corrected chi connectivity index (χ3v) is 4.55. The minimum atomic E-state index is -0.244. The first-order valence-electron chi connectivity index (χ1n) is 8.41. The lowest BCUT2D eigenvalue weighted by molar-refractivity contribution is 0.251. The molecule has 0 aliphatic carbocycles. The molecule has 134 valence electrons. The summed E-state index contributed by atoms with van der Waals surface area (Å²) in [5.41, 5.74) is 2.89. The quantitative estimate of drug-likeness (QED) is 0.681. The summed E-state index contributed by atoms with van der Waals surface area (Å²) in [6.45, 7) is 4.55. The number of aryl methyl sites for hydroxylation is 1. The number of aromatic nitrogens is 2. The molecular weight excluding hydrogens is 348 g/mol. The maximum Gasteiger partial charge on any atom is 0.319 e. The van der Waals surface area contributed by atoms with Gasteiger partial charge < -0.3 is 15.2 Å². The van der Waals surface area contributed by atoms with Crippen molar-refractivity contribution in [3.63, 3.8) is 0 Å². The Bertz CT molecular complexity index is 872. The van der Waals surface area contributed by atoms with E-state index >= 15 is 0 Å². The number of hydrogen-bond donors (Lipinski definition) is 2. The molecule has 6 heteroatoms. The summed E-state index contributed by atoms with van der Waals surface area (Å²) < 4.78 is 2.11. The standard InChI is InChI=1S/C20H21ClN4O/c1-14(25-12-11-22-15(25)2)17-5-9-19(10-6-17)24-20(26)23-13-16-3-7-18(21)8-4-16/h3-12,14H,13H2,1-2H3,(H2,23,24,26)/t14-/m1/s1. The van der Waals surface area contributed by atoms with E-state index in [1.165, 1.54) is 0 Å². The van der Waals surface area contributed by atoms with Crippen molar-refractivity contribution in [2.75, 3.05) is 5.32 Å². The van der Waals surface area contributed by atoms with E-state index in [1.54, 1.807) is 18.3 Å². The average Bonchev–Trinajstić information content (AvgIpc) is 3.07. The van der Waals surface area contributed by atoms with Crippen LogP contribution in [0.4, 0.5) is 10.5 Å². The highest BCUT2D eigenvalue weighted by Gasteiger charge is 2.10. The Morgan fingerprint density at radius 3 is 2.46 bits per heavy atom. The minimum absolute atomic E-state index is 0.185. The Morgan fingerprint density at radius 2 is 1.85 bits per heavy atom. The average molecular weight is 369 g/mol. The molecule has 1 atom stereocenters. The zero-order valence-corrected chi connectivity index (χ0v) is 15.5. The number of carbonyl (C=O) groups excluding carboxylic acids is 1. The molecule has 0 unspecified atom stereocenters. The van der Waals surface area contributed by atoms with E-state index < -0.39 is 0 Å². The molecule has 3 rings (SSSR count). The number of nitrogens with one attached hydrogen (secondary N) is 2. The van der Waals surface area contributed by atoms with Crippen LogP contribution in [-0.4, -0.2) is 15.6 Å². The van der Waals surface area contributed by atoms with Crippen LogP contribution in [-0.2, 0) is 6.54 Å². The van der Waals surface area contributed by atoms with Crippen molar-refractivity contribution in [2.24, 2.45) is 0 Å². The number of anilines is 1. The highest BCUT2D eigenvalue weighted by Crippen LogP contribution is 2.21. The maximum absolute atomic E-state index is 12.0. The van der Waals surface area contributed by atoms with E-state index in [1.807, 2.05) is 49.5 Å². The Balaban J connectivity index is 1.56. The Morgan fingerprint density at radius 1 is 1.15 bits per heavy atom. The van der Waals surface area contributed by atoms with E-state index in [-0.39, 0.29) is 12.1 Å². The van der Waals surface area contributed by atoms with Gasteiger partial charge in [-0.05, 0) is 49.2 Å². The second-order valence-electron chi connectivity index (χ2n) is 6.11. The van der Waals surface area contributed by atoms with Gasteiger partial charge in [0.25, 0.3) is 0 Å². The zero-order valence-electron chi connectivity index (χ0n) is 14.7. The molecule has 0 spiro atoms. The fraction of sp³-hybridized carbons (Fsp3) is 0.200. The molecule has 0 fully saturated rings. The normalized spacial score (nSPS) is 11.8. The van der Waals surface area contributed by atoms with Gasteiger partial charge >= 0.3 is 6.03 Å². The minimum Gasteiger partial charge on any atom is -0.334 e. The number of carbonyl (C=O) groups is 1. The van der Waals surface area contributed by atoms with Crippen LogP contribution in [0.15, 0.2) is 60.9 Å². The molecule has 26 heavy (non-hydrogen) atoms. The van der Waals surface area contributed by atoms with Crippen LogP contribution in [0.1, 0.15) is 29.9 Å². The van der Waals surface area contributed by atoms with E-state index in [4.69, 9.17) is 11.6 Å². The van der Waals surface area contributed by atoms with Gasteiger partial charge in [0, 0.05) is 29.6 Å². The number of amides is 2. The Hall–Kier alpha value is -2.79. The number of rotatable bonds is 5. The predicted molar refractivity (Wildman–Crippen MR) is 105 cm³/mol. The van der Waals surface area contributed by atoms with Crippen molar-refractivity contribution in [3.05, 3.63) is 82.9 Å². The fourth-order valence-electron chi connectivity index (χ4n) is 2.76. The first-order valence-corrected chi connectivity index (χ1v) is 8.79. The van der Waals surface area contributed by atoms with Crippen LogP contribution < -0.4 is 10.6 Å². The molecule has 0 radical (unpaired) electrons. The predicted octanol–water partition coefficient (Wildman–Crippen LogP) is 4.78. The number of imidazole rings is 1. The van der Waals surface area contributed by atoms with E-state index in [9.17, 15) is 4.79 Å². The van der Waals surface area contributed by atoms with Gasteiger partial charge in [-0.15, -0.1) is 0 Å². The van der Waals surface area contributed by atoms with Crippen molar-refractivity contribution < 1.29 is 4.79 Å². The van der Waals surface area contributed by atoms with E-state index in [0.717, 1.165) is 22.6 Å². The molecule has 1 heterocycles. The molecule has 2 aromatic carbocycles. The second kappa shape index (κ2) is 8.06. The molecule has 0 aliphatic rings. The van der Waals surface area contributed by atoms with Crippen molar-refractivity contribution in [1.29, 1.82) is 0 Å². The number of benzene rings is 2. The highest BCUT2D eigenvalue weighted by atomic mass is 35.5. The molecule has 3 aromatic rings. The van der Waals surface area contributed by atoms with Gasteiger partial charge in [-0.2, -0.15) is 0 Å². The van der Waals surface area contributed by atoms with E-state index in [0.29, 0.717) is 11.6 Å². The first kappa shape index (κ1) is 18.0. The van der Waals surface area contributed by atoms with Crippen molar-refractivity contribution in [3.8, 4) is 0 Å². The largest absolute Gasteiger partial charge is 0.334 e. The van der Waals surface area contributed by atoms with Gasteiger partial charge in [0.2, 0.25) is 0 Å². The number of urea groups is 1. The summed E-state index contributed by atoms with van der Waals surface area (Å²) >= 11 is 5.85. The van der Waals surface area contributed by atoms with Crippen LogP contribution in [0.5, 0.6) is 0 Å². The first-order chi connectivity index (χ1) is 12.5. The van der Waals surface area contributed by atoms with Crippen LogP contribution in [0.2, 0.25) is 5.02 Å². The summed E-state index contributed by atoms with van der Waals surface area (Å²) in [5.74, 6) is 0.973. The Kier molecular flexibility index (Phi) is 5.58. The SMILES string of the molecule is Cc1nccn1[C@H](C)c1ccc(NC(=O)NCc2ccc(Cl)cc2)cc1. The summed E-state index contributed by atoms with van der Waals surface area (Å²) in [5, 5.41) is 6.35. The highest BCUT2D eigenvalue weighted by molar-refractivity contribution is 6.30. The monoisotopic (exact) mass is 368 g/mol. The molecule has 1 aromatic heterocycles. The molecule has 0 saturated carbocycles. The van der Waals surface area contributed by atoms with Crippen molar-refractivity contribution in [1.82, 2.24) is 14.9 Å². The van der Waals surface area contributed by atoms with Crippen molar-refractivity contribution in [2.45, 2.75) is 26.4 Å². The second-order valence-corrected chi connectivity index (χ2v) is 6.55. The molecule has 0 saturated heterocycles. The molecule has 2 amide bonds. The smallest absolute Gasteiger partial charge is 0.319 e. The van der Waals surface area contributed by atoms with Crippen molar-refractivity contribution >= 4 is 23.3 Å². The van der Waals surface area contributed by atoms with Crippen LogP contribution in [0.25, 0.3) is 0 Å². The number of halogens is 1. The van der Waals surface area contributed by atoms with Gasteiger partial charge in [0.1, 0.15) is 5.82 Å². The molecule has 0 aliphatic heterocycles. The number of nitrogens with zero attached hydrogens (tertiary/aromatic N) is 2. The Labute approximate surface area is 158 Å². The van der Waals surface area contributed by atoms with E-state index in [2.05, 4.69) is 27.1 Å². The summed E-state index contributed by atoms with van der Waals surface area (Å²) in [6.07, 6.45) is 3.77. The summed E-state index contributed by atoms with van der Waals surface area (Å²) in [6, 6.07) is 15.2. The van der Waals surface area contributed by atoms with Gasteiger partial charge in [-0.1, -0.05) is 35.9 Å². The molecule has 5 nitrogen and oxygen atoms in total.